The Morgan fingerprint density at radius 1 is 1.30 bits per heavy atom. The van der Waals surface area contributed by atoms with Crippen molar-refractivity contribution in [1.29, 1.82) is 0 Å². The van der Waals surface area contributed by atoms with Gasteiger partial charge in [0, 0.05) is 5.56 Å². The van der Waals surface area contributed by atoms with Crippen LogP contribution in [0, 0.1) is 6.92 Å². The molecule has 0 atom stereocenters. The van der Waals surface area contributed by atoms with Gasteiger partial charge in [0.25, 0.3) is 5.91 Å². The number of carbonyl (C=O) groups excluding carboxylic acids is 1. The maximum Gasteiger partial charge on any atom is 0.271 e. The lowest BCUT2D eigenvalue weighted by molar-refractivity contribution is 0.0955. The van der Waals surface area contributed by atoms with Crippen molar-refractivity contribution in [2.45, 2.75) is 13.8 Å². The van der Waals surface area contributed by atoms with Crippen LogP contribution in [-0.4, -0.2) is 12.1 Å². The zero-order chi connectivity index (χ0) is 14.4. The quantitative estimate of drug-likeness (QED) is 0.682. The van der Waals surface area contributed by atoms with Crippen LogP contribution < -0.4 is 5.43 Å². The van der Waals surface area contributed by atoms with Crippen molar-refractivity contribution >= 4 is 18.2 Å². The normalized spacial score (nSPS) is 11.8. The first kappa shape index (κ1) is 13.8. The van der Waals surface area contributed by atoms with E-state index in [0.29, 0.717) is 5.56 Å². The summed E-state index contributed by atoms with van der Waals surface area (Å²) in [4.78, 5) is 11.8. The molecule has 0 saturated carbocycles. The van der Waals surface area contributed by atoms with Crippen LogP contribution in [0.3, 0.4) is 0 Å². The molecule has 0 radical (unpaired) electrons. The van der Waals surface area contributed by atoms with Crippen LogP contribution in [0.2, 0.25) is 0 Å². The highest BCUT2D eigenvalue weighted by Gasteiger charge is 2.02. The second-order valence-electron chi connectivity index (χ2n) is 4.47. The Morgan fingerprint density at radius 2 is 2.15 bits per heavy atom. The van der Waals surface area contributed by atoms with E-state index in [1.165, 1.54) is 0 Å². The van der Waals surface area contributed by atoms with Gasteiger partial charge in [0.15, 0.2) is 0 Å². The van der Waals surface area contributed by atoms with Crippen LogP contribution in [0.25, 0.3) is 6.08 Å². The van der Waals surface area contributed by atoms with Gasteiger partial charge in [-0.2, -0.15) is 5.10 Å². The molecule has 2 rings (SSSR count). The van der Waals surface area contributed by atoms with Crippen molar-refractivity contribution in [3.05, 3.63) is 65.1 Å². The Morgan fingerprint density at radius 3 is 2.85 bits per heavy atom. The minimum absolute atomic E-state index is 0.226. The molecule has 0 aliphatic rings. The number of benzene rings is 1. The Labute approximate surface area is 117 Å². The molecule has 102 valence electrons. The van der Waals surface area contributed by atoms with E-state index in [9.17, 15) is 4.79 Å². The fraction of sp³-hybridized carbons (Fsp3) is 0.125. The highest BCUT2D eigenvalue weighted by molar-refractivity contribution is 5.95. The van der Waals surface area contributed by atoms with Crippen LogP contribution in [0.1, 0.15) is 28.6 Å². The van der Waals surface area contributed by atoms with E-state index >= 15 is 0 Å². The first-order valence-corrected chi connectivity index (χ1v) is 6.27. The lowest BCUT2D eigenvalue weighted by Crippen LogP contribution is -2.17. The average Bonchev–Trinajstić information content (AvgIpc) is 2.91. The molecular formula is C16H16N2O2. The highest BCUT2D eigenvalue weighted by atomic mass is 16.3. The van der Waals surface area contributed by atoms with E-state index in [-0.39, 0.29) is 5.91 Å². The number of hydrogen-bond donors (Lipinski definition) is 1. The second kappa shape index (κ2) is 6.52. The number of amides is 1. The van der Waals surface area contributed by atoms with Gasteiger partial charge in [0.1, 0.15) is 5.76 Å². The number of allylic oxidation sites excluding steroid dienone is 1. The maximum atomic E-state index is 11.8. The Balaban J connectivity index is 1.95. The van der Waals surface area contributed by atoms with Crippen molar-refractivity contribution in [1.82, 2.24) is 5.43 Å². The number of furan rings is 1. The lowest BCUT2D eigenvalue weighted by Gasteiger charge is -2.00. The molecule has 1 N–H and O–H groups in total. The molecule has 0 saturated heterocycles. The number of hydrazone groups is 1. The molecule has 0 fully saturated rings. The van der Waals surface area contributed by atoms with E-state index in [0.717, 1.165) is 16.9 Å². The largest absolute Gasteiger partial charge is 0.465 e. The monoisotopic (exact) mass is 268 g/mol. The standard InChI is InChI=1S/C16H16N2O2/c1-12-5-3-6-14(9-12)16(19)18-17-11-13(2)10-15-7-4-8-20-15/h3-11H,1-2H3,(H,18,19)/b13-10+,17-11-. The summed E-state index contributed by atoms with van der Waals surface area (Å²) in [5, 5.41) is 3.92. The van der Waals surface area contributed by atoms with E-state index in [4.69, 9.17) is 4.42 Å². The summed E-state index contributed by atoms with van der Waals surface area (Å²) in [6.45, 7) is 3.82. The molecule has 1 aromatic heterocycles. The molecule has 0 aliphatic heterocycles. The maximum absolute atomic E-state index is 11.8. The molecule has 4 heteroatoms. The van der Waals surface area contributed by atoms with E-state index in [1.54, 1.807) is 18.5 Å². The summed E-state index contributed by atoms with van der Waals surface area (Å²) in [5.41, 5.74) is 5.00. The van der Waals surface area contributed by atoms with Gasteiger partial charge in [-0.1, -0.05) is 17.7 Å². The lowest BCUT2D eigenvalue weighted by atomic mass is 10.1. The van der Waals surface area contributed by atoms with Crippen molar-refractivity contribution < 1.29 is 9.21 Å². The van der Waals surface area contributed by atoms with Crippen LogP contribution in [0.4, 0.5) is 0 Å². The zero-order valence-electron chi connectivity index (χ0n) is 11.5. The molecule has 2 aromatic rings. The molecule has 0 spiro atoms. The number of nitrogens with zero attached hydrogens (tertiary/aromatic N) is 1. The van der Waals surface area contributed by atoms with Gasteiger partial charge in [0.05, 0.1) is 12.5 Å². The minimum atomic E-state index is -0.226. The van der Waals surface area contributed by atoms with Gasteiger partial charge in [-0.05, 0) is 49.8 Å². The second-order valence-corrected chi connectivity index (χ2v) is 4.47. The molecule has 4 nitrogen and oxygen atoms in total. The summed E-state index contributed by atoms with van der Waals surface area (Å²) in [6.07, 6.45) is 5.02. The Bertz CT molecular complexity index is 640. The summed E-state index contributed by atoms with van der Waals surface area (Å²) in [6, 6.07) is 11.0. The van der Waals surface area contributed by atoms with Gasteiger partial charge >= 0.3 is 0 Å². The van der Waals surface area contributed by atoms with Crippen molar-refractivity contribution in [2.75, 3.05) is 0 Å². The van der Waals surface area contributed by atoms with Gasteiger partial charge in [-0.3, -0.25) is 4.79 Å². The minimum Gasteiger partial charge on any atom is -0.465 e. The summed E-state index contributed by atoms with van der Waals surface area (Å²) in [5.74, 6) is 0.523. The van der Waals surface area contributed by atoms with Crippen molar-refractivity contribution in [3.63, 3.8) is 0 Å². The molecular weight excluding hydrogens is 252 g/mol. The number of carbonyl (C=O) groups is 1. The Kier molecular flexibility index (Phi) is 4.50. The molecule has 20 heavy (non-hydrogen) atoms. The number of aryl methyl sites for hydroxylation is 1. The molecule has 0 aliphatic carbocycles. The summed E-state index contributed by atoms with van der Waals surface area (Å²) < 4.78 is 5.19. The zero-order valence-corrected chi connectivity index (χ0v) is 11.5. The summed E-state index contributed by atoms with van der Waals surface area (Å²) >= 11 is 0. The molecule has 1 heterocycles. The van der Waals surface area contributed by atoms with Gasteiger partial charge in [0.2, 0.25) is 0 Å². The molecule has 1 aromatic carbocycles. The van der Waals surface area contributed by atoms with Crippen molar-refractivity contribution in [3.8, 4) is 0 Å². The van der Waals surface area contributed by atoms with E-state index in [2.05, 4.69) is 10.5 Å². The summed E-state index contributed by atoms with van der Waals surface area (Å²) in [7, 11) is 0. The predicted octanol–water partition coefficient (Wildman–Crippen LogP) is 3.41. The van der Waals surface area contributed by atoms with Crippen molar-refractivity contribution in [2.24, 2.45) is 5.10 Å². The van der Waals surface area contributed by atoms with Crippen LogP contribution in [-0.2, 0) is 0 Å². The molecule has 0 unspecified atom stereocenters. The third kappa shape index (κ3) is 3.95. The molecule has 1 amide bonds. The first-order chi connectivity index (χ1) is 9.65. The Hall–Kier alpha value is -2.62. The van der Waals surface area contributed by atoms with Crippen LogP contribution in [0.5, 0.6) is 0 Å². The SMILES string of the molecule is CC(/C=N\NC(=O)c1cccc(C)c1)=C\c1ccco1. The topological polar surface area (TPSA) is 54.6 Å². The van der Waals surface area contributed by atoms with Gasteiger partial charge < -0.3 is 4.42 Å². The number of hydrogen-bond acceptors (Lipinski definition) is 3. The third-order valence-electron chi connectivity index (χ3n) is 2.63. The number of nitrogens with one attached hydrogen (secondary N) is 1. The fourth-order valence-corrected chi connectivity index (χ4v) is 1.68. The fourth-order valence-electron chi connectivity index (χ4n) is 1.68. The average molecular weight is 268 g/mol. The first-order valence-electron chi connectivity index (χ1n) is 6.27. The third-order valence-corrected chi connectivity index (χ3v) is 2.63. The predicted molar refractivity (Wildman–Crippen MR) is 79.5 cm³/mol. The van der Waals surface area contributed by atoms with Gasteiger partial charge in [-0.25, -0.2) is 5.43 Å². The highest BCUT2D eigenvalue weighted by Crippen LogP contribution is 2.06. The van der Waals surface area contributed by atoms with Gasteiger partial charge in [-0.15, -0.1) is 0 Å². The molecule has 0 bridgehead atoms. The van der Waals surface area contributed by atoms with E-state index in [1.807, 2.05) is 50.3 Å². The number of rotatable bonds is 4. The smallest absolute Gasteiger partial charge is 0.271 e. The van der Waals surface area contributed by atoms with E-state index < -0.39 is 0 Å². The van der Waals surface area contributed by atoms with Crippen LogP contribution >= 0.6 is 0 Å². The van der Waals surface area contributed by atoms with Crippen LogP contribution in [0.15, 0.2) is 57.8 Å².